The lowest BCUT2D eigenvalue weighted by Gasteiger charge is -2.28. The van der Waals surface area contributed by atoms with Crippen LogP contribution in [0.25, 0.3) is 10.2 Å². The standard InChI is InChI=1S/C20H27N3O3S2/c1-4-5-9-23(15-8-10-28(25,26)11-15)20(24)17-12(2)16-13(3)21-18(14-6-7-14)22-19(16)27-17/h14-15H,4-11H2,1-3H3. The normalized spacial score (nSPS) is 21.3. The summed E-state index contributed by atoms with van der Waals surface area (Å²) >= 11 is 1.43. The van der Waals surface area contributed by atoms with Crippen LogP contribution in [0.4, 0.5) is 0 Å². The molecule has 0 aromatic carbocycles. The van der Waals surface area contributed by atoms with E-state index < -0.39 is 9.84 Å². The Labute approximate surface area is 170 Å². The Bertz CT molecular complexity index is 1020. The van der Waals surface area contributed by atoms with Gasteiger partial charge in [-0.3, -0.25) is 4.79 Å². The number of aromatic nitrogens is 2. The highest BCUT2D eigenvalue weighted by atomic mass is 32.2. The van der Waals surface area contributed by atoms with Gasteiger partial charge in [-0.15, -0.1) is 11.3 Å². The van der Waals surface area contributed by atoms with Gasteiger partial charge in [-0.2, -0.15) is 0 Å². The van der Waals surface area contributed by atoms with Crippen molar-refractivity contribution in [2.75, 3.05) is 18.1 Å². The molecule has 1 atom stereocenters. The predicted molar refractivity (Wildman–Crippen MR) is 112 cm³/mol. The van der Waals surface area contributed by atoms with Crippen LogP contribution in [0.1, 0.15) is 71.7 Å². The molecular weight excluding hydrogens is 394 g/mol. The molecule has 28 heavy (non-hydrogen) atoms. The van der Waals surface area contributed by atoms with Crippen molar-refractivity contribution in [1.29, 1.82) is 0 Å². The van der Waals surface area contributed by atoms with Crippen LogP contribution in [0.5, 0.6) is 0 Å². The summed E-state index contributed by atoms with van der Waals surface area (Å²) in [6.45, 7) is 6.63. The Kier molecular flexibility index (Phi) is 5.20. The second kappa shape index (κ2) is 7.37. The lowest BCUT2D eigenvalue weighted by molar-refractivity contribution is 0.0698. The molecular formula is C20H27N3O3S2. The Balaban J connectivity index is 1.70. The van der Waals surface area contributed by atoms with Crippen molar-refractivity contribution in [2.24, 2.45) is 0 Å². The van der Waals surface area contributed by atoms with Crippen molar-refractivity contribution in [3.8, 4) is 0 Å². The van der Waals surface area contributed by atoms with Gasteiger partial charge in [-0.1, -0.05) is 13.3 Å². The summed E-state index contributed by atoms with van der Waals surface area (Å²) < 4.78 is 24.0. The highest BCUT2D eigenvalue weighted by Gasteiger charge is 2.36. The summed E-state index contributed by atoms with van der Waals surface area (Å²) in [5.74, 6) is 1.57. The first kappa shape index (κ1) is 19.8. The molecule has 1 saturated carbocycles. The minimum atomic E-state index is -3.04. The molecule has 1 saturated heterocycles. The van der Waals surface area contributed by atoms with E-state index in [1.54, 1.807) is 4.90 Å². The maximum Gasteiger partial charge on any atom is 0.264 e. The van der Waals surface area contributed by atoms with E-state index in [1.165, 1.54) is 11.3 Å². The molecule has 1 amide bonds. The molecule has 0 spiro atoms. The van der Waals surface area contributed by atoms with Gasteiger partial charge >= 0.3 is 0 Å². The van der Waals surface area contributed by atoms with Gasteiger partial charge in [-0.05, 0) is 45.1 Å². The summed E-state index contributed by atoms with van der Waals surface area (Å²) in [5, 5.41) is 0.979. The summed E-state index contributed by atoms with van der Waals surface area (Å²) in [6, 6.07) is -0.220. The molecule has 0 radical (unpaired) electrons. The zero-order valence-corrected chi connectivity index (χ0v) is 18.3. The van der Waals surface area contributed by atoms with Gasteiger partial charge in [-0.25, -0.2) is 18.4 Å². The van der Waals surface area contributed by atoms with Gasteiger partial charge in [0.2, 0.25) is 0 Å². The summed E-state index contributed by atoms with van der Waals surface area (Å²) in [5.41, 5.74) is 1.86. The van der Waals surface area contributed by atoms with Crippen molar-refractivity contribution >= 4 is 37.3 Å². The summed E-state index contributed by atoms with van der Waals surface area (Å²) in [6.07, 6.45) is 4.65. The molecule has 2 aromatic rings. The fourth-order valence-electron chi connectivity index (χ4n) is 4.02. The fourth-order valence-corrected chi connectivity index (χ4v) is 6.94. The predicted octanol–water partition coefficient (Wildman–Crippen LogP) is 3.61. The Morgan fingerprint density at radius 2 is 1.96 bits per heavy atom. The summed E-state index contributed by atoms with van der Waals surface area (Å²) in [4.78, 5) is 26.3. The number of aryl methyl sites for hydroxylation is 2. The summed E-state index contributed by atoms with van der Waals surface area (Å²) in [7, 11) is -3.04. The first-order valence-corrected chi connectivity index (χ1v) is 12.7. The monoisotopic (exact) mass is 421 g/mol. The largest absolute Gasteiger partial charge is 0.334 e. The first-order chi connectivity index (χ1) is 13.3. The van der Waals surface area contributed by atoms with Crippen LogP contribution in [-0.4, -0.2) is 53.3 Å². The van der Waals surface area contributed by atoms with Crippen LogP contribution >= 0.6 is 11.3 Å². The lowest BCUT2D eigenvalue weighted by Crippen LogP contribution is -2.41. The van der Waals surface area contributed by atoms with Crippen molar-refractivity contribution < 1.29 is 13.2 Å². The minimum absolute atomic E-state index is 0.0524. The van der Waals surface area contributed by atoms with E-state index >= 15 is 0 Å². The second-order valence-electron chi connectivity index (χ2n) is 8.09. The van der Waals surface area contributed by atoms with Gasteiger partial charge in [0.15, 0.2) is 9.84 Å². The molecule has 0 N–H and O–H groups in total. The molecule has 8 heteroatoms. The van der Waals surface area contributed by atoms with E-state index in [4.69, 9.17) is 4.98 Å². The zero-order valence-electron chi connectivity index (χ0n) is 16.7. The van der Waals surface area contributed by atoms with Crippen LogP contribution in [-0.2, 0) is 9.84 Å². The number of thiophene rings is 1. The molecule has 0 bridgehead atoms. The quantitative estimate of drug-likeness (QED) is 0.712. The first-order valence-electron chi connectivity index (χ1n) is 10.1. The van der Waals surface area contributed by atoms with E-state index in [-0.39, 0.29) is 23.5 Å². The van der Waals surface area contributed by atoms with Crippen molar-refractivity contribution in [3.05, 3.63) is 22.0 Å². The van der Waals surface area contributed by atoms with E-state index in [2.05, 4.69) is 11.9 Å². The van der Waals surface area contributed by atoms with E-state index in [0.29, 0.717) is 23.8 Å². The molecule has 2 fully saturated rings. The van der Waals surface area contributed by atoms with Crippen LogP contribution in [0.2, 0.25) is 0 Å². The number of carbonyl (C=O) groups excluding carboxylic acids is 1. The zero-order chi connectivity index (χ0) is 20.1. The third-order valence-electron chi connectivity index (χ3n) is 5.79. The van der Waals surface area contributed by atoms with E-state index in [9.17, 15) is 13.2 Å². The molecule has 4 rings (SSSR count). The third kappa shape index (κ3) is 3.68. The number of nitrogens with zero attached hydrogens (tertiary/aromatic N) is 3. The van der Waals surface area contributed by atoms with E-state index in [0.717, 1.165) is 53.0 Å². The van der Waals surface area contributed by atoms with Crippen molar-refractivity contribution in [2.45, 2.75) is 64.8 Å². The highest BCUT2D eigenvalue weighted by molar-refractivity contribution is 7.91. The number of hydrogen-bond acceptors (Lipinski definition) is 6. The molecule has 1 unspecified atom stereocenters. The molecule has 1 aliphatic carbocycles. The highest BCUT2D eigenvalue weighted by Crippen LogP contribution is 2.40. The Morgan fingerprint density at radius 3 is 2.57 bits per heavy atom. The van der Waals surface area contributed by atoms with Gasteiger partial charge in [0.05, 0.1) is 22.1 Å². The second-order valence-corrected chi connectivity index (χ2v) is 11.3. The number of rotatable bonds is 6. The average Bonchev–Trinajstić information content (AvgIpc) is 3.35. The number of fused-ring (bicyclic) bond motifs is 1. The van der Waals surface area contributed by atoms with E-state index in [1.807, 2.05) is 13.8 Å². The number of carbonyl (C=O) groups is 1. The maximum atomic E-state index is 13.5. The fraction of sp³-hybridized carbons (Fsp3) is 0.650. The van der Waals surface area contributed by atoms with Crippen molar-refractivity contribution in [3.63, 3.8) is 0 Å². The molecule has 2 aliphatic rings. The topological polar surface area (TPSA) is 80.2 Å². The third-order valence-corrected chi connectivity index (χ3v) is 8.71. The minimum Gasteiger partial charge on any atom is -0.334 e. The SMILES string of the molecule is CCCCN(C(=O)c1sc2nc(C3CC3)nc(C)c2c1C)C1CCS(=O)(=O)C1. The Hall–Kier alpha value is -1.54. The van der Waals surface area contributed by atoms with Crippen LogP contribution in [0, 0.1) is 13.8 Å². The lowest BCUT2D eigenvalue weighted by atomic mass is 10.1. The average molecular weight is 422 g/mol. The molecule has 152 valence electrons. The number of unbranched alkanes of at least 4 members (excludes halogenated alkanes) is 1. The number of amides is 1. The number of sulfone groups is 1. The van der Waals surface area contributed by atoms with Gasteiger partial charge in [0.1, 0.15) is 10.7 Å². The molecule has 3 heterocycles. The Morgan fingerprint density at radius 1 is 1.21 bits per heavy atom. The van der Waals surface area contributed by atoms with Gasteiger partial charge in [0, 0.05) is 23.9 Å². The number of hydrogen-bond donors (Lipinski definition) is 0. The van der Waals surface area contributed by atoms with Crippen molar-refractivity contribution in [1.82, 2.24) is 14.9 Å². The van der Waals surface area contributed by atoms with Crippen LogP contribution in [0.15, 0.2) is 0 Å². The smallest absolute Gasteiger partial charge is 0.264 e. The maximum absolute atomic E-state index is 13.5. The van der Waals surface area contributed by atoms with Crippen LogP contribution < -0.4 is 0 Å². The molecule has 6 nitrogen and oxygen atoms in total. The molecule has 2 aromatic heterocycles. The van der Waals surface area contributed by atoms with Gasteiger partial charge < -0.3 is 4.90 Å². The van der Waals surface area contributed by atoms with Crippen LogP contribution in [0.3, 0.4) is 0 Å². The van der Waals surface area contributed by atoms with Gasteiger partial charge in [0.25, 0.3) is 5.91 Å². The molecule has 1 aliphatic heterocycles.